The van der Waals surface area contributed by atoms with Crippen LogP contribution in [-0.4, -0.2) is 31.6 Å². The van der Waals surface area contributed by atoms with Gasteiger partial charge >= 0.3 is 0 Å². The van der Waals surface area contributed by atoms with E-state index in [1.54, 1.807) is 38.4 Å². The number of amides is 1. The molecule has 0 saturated heterocycles. The van der Waals surface area contributed by atoms with Crippen LogP contribution in [0.3, 0.4) is 0 Å². The van der Waals surface area contributed by atoms with Gasteiger partial charge in [-0.1, -0.05) is 12.1 Å². The van der Waals surface area contributed by atoms with Crippen molar-refractivity contribution in [3.8, 4) is 0 Å². The molecule has 0 atom stereocenters. The highest BCUT2D eigenvalue weighted by molar-refractivity contribution is 5.93. The largest absolute Gasteiger partial charge is 0.345 e. The van der Waals surface area contributed by atoms with E-state index in [9.17, 15) is 9.18 Å². The quantitative estimate of drug-likeness (QED) is 0.721. The van der Waals surface area contributed by atoms with Gasteiger partial charge in [-0.15, -0.1) is 0 Å². The third-order valence-corrected chi connectivity index (χ3v) is 1.99. The predicted octanol–water partition coefficient (Wildman–Crippen LogP) is 1.90. The Morgan fingerprint density at radius 2 is 1.86 bits per heavy atom. The molecular weight excluding hydrogens is 181 g/mol. The average Bonchev–Trinajstić information content (AvgIpc) is 2.18. The second-order valence-electron chi connectivity index (χ2n) is 3.34. The Labute approximate surface area is 83.3 Å². The number of hydrogen-bond acceptors (Lipinski definition) is 1. The molecule has 1 aromatic rings. The molecule has 0 spiro atoms. The summed E-state index contributed by atoms with van der Waals surface area (Å²) < 4.78 is 12.0. The number of benzene rings is 1. The number of carbonyl (C=O) groups is 1. The topological polar surface area (TPSA) is 20.3 Å². The number of rotatable bonds is 3. The summed E-state index contributed by atoms with van der Waals surface area (Å²) in [4.78, 5) is 13.0. The Balaban J connectivity index is 2.78. The molecule has 3 heteroatoms. The van der Waals surface area contributed by atoms with Gasteiger partial charge in [0.15, 0.2) is 0 Å². The third kappa shape index (κ3) is 2.55. The van der Waals surface area contributed by atoms with Crippen molar-refractivity contribution in [3.63, 3.8) is 0 Å². The highest BCUT2D eigenvalue weighted by Crippen LogP contribution is 2.07. The zero-order valence-corrected chi connectivity index (χ0v) is 8.46. The second kappa shape index (κ2) is 4.74. The minimum Gasteiger partial charge on any atom is -0.345 e. The summed E-state index contributed by atoms with van der Waals surface area (Å²) in [6.07, 6.45) is 0.413. The van der Waals surface area contributed by atoms with Gasteiger partial charge < -0.3 is 4.90 Å². The molecule has 0 bridgehead atoms. The number of nitrogens with zero attached hydrogens (tertiary/aromatic N) is 1. The molecule has 0 N–H and O–H groups in total. The van der Waals surface area contributed by atoms with Gasteiger partial charge in [-0.3, -0.25) is 9.18 Å². The molecule has 1 amide bonds. The maximum Gasteiger partial charge on any atom is 0.253 e. The van der Waals surface area contributed by atoms with Crippen molar-refractivity contribution < 1.29 is 9.18 Å². The first kappa shape index (κ1) is 10.7. The first-order chi connectivity index (χ1) is 6.65. The smallest absolute Gasteiger partial charge is 0.253 e. The van der Waals surface area contributed by atoms with E-state index in [0.29, 0.717) is 12.0 Å². The Morgan fingerprint density at radius 3 is 2.29 bits per heavy atom. The van der Waals surface area contributed by atoms with Crippen LogP contribution in [0.5, 0.6) is 0 Å². The lowest BCUT2D eigenvalue weighted by Gasteiger charge is -2.10. The lowest BCUT2D eigenvalue weighted by atomic mass is 10.1. The summed E-state index contributed by atoms with van der Waals surface area (Å²) in [5.41, 5.74) is 1.56. The van der Waals surface area contributed by atoms with Gasteiger partial charge in [0, 0.05) is 26.1 Å². The SMILES string of the molecule is CN(C)C(=O)c1ccc(CCF)cc1. The van der Waals surface area contributed by atoms with E-state index < -0.39 is 0 Å². The molecule has 0 fully saturated rings. The first-order valence-corrected chi connectivity index (χ1v) is 4.51. The van der Waals surface area contributed by atoms with Gasteiger partial charge in [-0.25, -0.2) is 0 Å². The van der Waals surface area contributed by atoms with Crippen molar-refractivity contribution in [2.24, 2.45) is 0 Å². The van der Waals surface area contributed by atoms with Crippen LogP contribution in [0.1, 0.15) is 15.9 Å². The molecule has 0 radical (unpaired) electrons. The maximum absolute atomic E-state index is 12.0. The summed E-state index contributed by atoms with van der Waals surface area (Å²) in [6.45, 7) is -0.360. The van der Waals surface area contributed by atoms with Crippen LogP contribution >= 0.6 is 0 Å². The van der Waals surface area contributed by atoms with Crippen molar-refractivity contribution >= 4 is 5.91 Å². The Morgan fingerprint density at radius 1 is 1.29 bits per heavy atom. The van der Waals surface area contributed by atoms with E-state index in [0.717, 1.165) is 5.56 Å². The summed E-state index contributed by atoms with van der Waals surface area (Å²) in [5.74, 6) is -0.0307. The molecule has 2 nitrogen and oxygen atoms in total. The molecule has 0 aliphatic heterocycles. The van der Waals surface area contributed by atoms with Gasteiger partial charge in [0.1, 0.15) is 0 Å². The average molecular weight is 195 g/mol. The molecule has 0 aliphatic carbocycles. The molecule has 1 rings (SSSR count). The molecule has 14 heavy (non-hydrogen) atoms. The number of halogens is 1. The van der Waals surface area contributed by atoms with Crippen molar-refractivity contribution in [2.45, 2.75) is 6.42 Å². The highest BCUT2D eigenvalue weighted by Gasteiger charge is 2.06. The van der Waals surface area contributed by atoms with Crippen LogP contribution in [0.15, 0.2) is 24.3 Å². The lowest BCUT2D eigenvalue weighted by molar-refractivity contribution is 0.0827. The van der Waals surface area contributed by atoms with Crippen LogP contribution in [-0.2, 0) is 6.42 Å². The normalized spacial score (nSPS) is 9.93. The Hall–Kier alpha value is -1.38. The van der Waals surface area contributed by atoms with Crippen LogP contribution in [0, 0.1) is 0 Å². The van der Waals surface area contributed by atoms with Crippen LogP contribution in [0.4, 0.5) is 4.39 Å². The number of carbonyl (C=O) groups excluding carboxylic acids is 1. The van der Waals surface area contributed by atoms with Gasteiger partial charge in [-0.05, 0) is 17.7 Å². The number of hydrogen-bond donors (Lipinski definition) is 0. The summed E-state index contributed by atoms with van der Waals surface area (Å²) in [5, 5.41) is 0. The molecule has 0 heterocycles. The maximum atomic E-state index is 12.0. The van der Waals surface area contributed by atoms with Gasteiger partial charge in [-0.2, -0.15) is 0 Å². The summed E-state index contributed by atoms with van der Waals surface area (Å²) in [7, 11) is 3.41. The predicted molar refractivity (Wildman–Crippen MR) is 54.1 cm³/mol. The van der Waals surface area contributed by atoms with Crippen molar-refractivity contribution in [2.75, 3.05) is 20.8 Å². The van der Waals surface area contributed by atoms with Crippen molar-refractivity contribution in [1.29, 1.82) is 0 Å². The Kier molecular flexibility index (Phi) is 3.63. The number of aryl methyl sites for hydroxylation is 1. The van der Waals surface area contributed by atoms with Crippen LogP contribution in [0.2, 0.25) is 0 Å². The fourth-order valence-electron chi connectivity index (χ4n) is 1.18. The monoisotopic (exact) mass is 195 g/mol. The fraction of sp³-hybridized carbons (Fsp3) is 0.364. The van der Waals surface area contributed by atoms with Crippen LogP contribution in [0.25, 0.3) is 0 Å². The van der Waals surface area contributed by atoms with E-state index in [4.69, 9.17) is 0 Å². The summed E-state index contributed by atoms with van der Waals surface area (Å²) in [6, 6.07) is 7.04. The molecule has 0 unspecified atom stereocenters. The van der Waals surface area contributed by atoms with Gasteiger partial charge in [0.25, 0.3) is 5.91 Å². The fourth-order valence-corrected chi connectivity index (χ4v) is 1.18. The van der Waals surface area contributed by atoms with E-state index >= 15 is 0 Å². The van der Waals surface area contributed by atoms with Gasteiger partial charge in [0.2, 0.25) is 0 Å². The van der Waals surface area contributed by atoms with E-state index in [1.165, 1.54) is 4.90 Å². The van der Waals surface area contributed by atoms with Crippen molar-refractivity contribution in [1.82, 2.24) is 4.90 Å². The van der Waals surface area contributed by atoms with Gasteiger partial charge in [0.05, 0.1) is 6.67 Å². The highest BCUT2D eigenvalue weighted by atomic mass is 19.1. The minimum atomic E-state index is -0.360. The standard InChI is InChI=1S/C11H14FNO/c1-13(2)11(14)10-5-3-9(4-6-10)7-8-12/h3-6H,7-8H2,1-2H3. The zero-order valence-electron chi connectivity index (χ0n) is 8.46. The Bertz CT molecular complexity index is 306. The second-order valence-corrected chi connectivity index (χ2v) is 3.34. The minimum absolute atomic E-state index is 0.0307. The molecule has 0 aliphatic rings. The van der Waals surface area contributed by atoms with Crippen LogP contribution < -0.4 is 0 Å². The van der Waals surface area contributed by atoms with E-state index in [2.05, 4.69) is 0 Å². The molecule has 0 aromatic heterocycles. The van der Waals surface area contributed by atoms with E-state index in [1.807, 2.05) is 0 Å². The molecule has 0 saturated carbocycles. The molecule has 1 aromatic carbocycles. The third-order valence-electron chi connectivity index (χ3n) is 1.99. The molecule has 76 valence electrons. The first-order valence-electron chi connectivity index (χ1n) is 4.51. The molecular formula is C11H14FNO. The van der Waals surface area contributed by atoms with Crippen molar-refractivity contribution in [3.05, 3.63) is 35.4 Å². The lowest BCUT2D eigenvalue weighted by Crippen LogP contribution is -2.21. The van der Waals surface area contributed by atoms with E-state index in [-0.39, 0.29) is 12.6 Å². The zero-order chi connectivity index (χ0) is 10.6. The number of alkyl halides is 1. The summed E-state index contributed by atoms with van der Waals surface area (Å²) >= 11 is 0.